The first-order valence-corrected chi connectivity index (χ1v) is 6.52. The summed E-state index contributed by atoms with van der Waals surface area (Å²) in [4.78, 5) is 0. The van der Waals surface area contributed by atoms with Crippen LogP contribution in [0.1, 0.15) is 16.7 Å². The van der Waals surface area contributed by atoms with E-state index in [-0.39, 0.29) is 0 Å². The molecule has 0 aliphatic carbocycles. The van der Waals surface area contributed by atoms with Crippen LogP contribution in [0.5, 0.6) is 0 Å². The molecule has 0 spiro atoms. The van der Waals surface area contributed by atoms with Gasteiger partial charge in [0.05, 0.1) is 11.6 Å². The zero-order valence-electron chi connectivity index (χ0n) is 9.86. The number of nitrogens with one attached hydrogen (secondary N) is 1. The molecular formula is C15H13BrN2. The van der Waals surface area contributed by atoms with Crippen molar-refractivity contribution in [2.24, 2.45) is 0 Å². The van der Waals surface area contributed by atoms with E-state index in [4.69, 9.17) is 5.26 Å². The average molecular weight is 301 g/mol. The van der Waals surface area contributed by atoms with Gasteiger partial charge in [0, 0.05) is 17.6 Å². The normalized spacial score (nSPS) is 10.0. The van der Waals surface area contributed by atoms with Crippen molar-refractivity contribution in [1.82, 2.24) is 5.32 Å². The molecule has 2 aromatic carbocycles. The molecule has 2 aromatic rings. The third kappa shape index (κ3) is 3.43. The lowest BCUT2D eigenvalue weighted by Gasteiger charge is -2.06. The maximum atomic E-state index is 8.98. The predicted molar refractivity (Wildman–Crippen MR) is 75.8 cm³/mol. The van der Waals surface area contributed by atoms with Crippen molar-refractivity contribution in [3.8, 4) is 6.07 Å². The molecule has 0 aromatic heterocycles. The first-order valence-electron chi connectivity index (χ1n) is 5.73. The van der Waals surface area contributed by atoms with E-state index in [1.54, 1.807) is 0 Å². The maximum absolute atomic E-state index is 8.98. The molecule has 0 atom stereocenters. The minimum atomic E-state index is 0.708. The van der Waals surface area contributed by atoms with Crippen molar-refractivity contribution in [2.75, 3.05) is 0 Å². The lowest BCUT2D eigenvalue weighted by Crippen LogP contribution is -2.13. The Hall–Kier alpha value is -1.63. The Bertz CT molecular complexity index is 555. The van der Waals surface area contributed by atoms with Gasteiger partial charge in [-0.25, -0.2) is 0 Å². The summed E-state index contributed by atoms with van der Waals surface area (Å²) in [5, 5.41) is 12.3. The standard InChI is InChI=1S/C15H13BrN2/c16-15-7-5-12(6-8-15)10-18-11-14-4-2-1-3-13(14)9-17/h1-8,18H,10-11H2. The smallest absolute Gasteiger partial charge is 0.0995 e. The summed E-state index contributed by atoms with van der Waals surface area (Å²) in [6, 6.07) is 18.1. The minimum absolute atomic E-state index is 0.708. The van der Waals surface area contributed by atoms with E-state index in [1.807, 2.05) is 36.4 Å². The number of benzene rings is 2. The quantitative estimate of drug-likeness (QED) is 0.936. The van der Waals surface area contributed by atoms with Crippen LogP contribution in [0.25, 0.3) is 0 Å². The molecule has 0 radical (unpaired) electrons. The fourth-order valence-electron chi connectivity index (χ4n) is 1.73. The monoisotopic (exact) mass is 300 g/mol. The third-order valence-electron chi connectivity index (χ3n) is 2.70. The van der Waals surface area contributed by atoms with Crippen LogP contribution in [0.15, 0.2) is 53.0 Å². The van der Waals surface area contributed by atoms with Crippen molar-refractivity contribution >= 4 is 15.9 Å². The van der Waals surface area contributed by atoms with Gasteiger partial charge in [-0.05, 0) is 29.3 Å². The van der Waals surface area contributed by atoms with Crippen LogP contribution in [-0.2, 0) is 13.1 Å². The fraction of sp³-hybridized carbons (Fsp3) is 0.133. The predicted octanol–water partition coefficient (Wildman–Crippen LogP) is 3.61. The molecule has 0 aliphatic heterocycles. The van der Waals surface area contributed by atoms with Crippen molar-refractivity contribution in [3.63, 3.8) is 0 Å². The second-order valence-electron chi connectivity index (χ2n) is 4.00. The molecule has 0 fully saturated rings. The van der Waals surface area contributed by atoms with Crippen LogP contribution in [0, 0.1) is 11.3 Å². The van der Waals surface area contributed by atoms with Gasteiger partial charge in [0.15, 0.2) is 0 Å². The lowest BCUT2D eigenvalue weighted by atomic mass is 10.1. The number of halogens is 1. The molecule has 0 amide bonds. The Morgan fingerprint density at radius 3 is 2.44 bits per heavy atom. The van der Waals surface area contributed by atoms with Gasteiger partial charge in [-0.3, -0.25) is 0 Å². The van der Waals surface area contributed by atoms with Crippen LogP contribution in [0.3, 0.4) is 0 Å². The van der Waals surface area contributed by atoms with E-state index in [2.05, 4.69) is 39.4 Å². The Labute approximate surface area is 115 Å². The molecule has 0 heterocycles. The van der Waals surface area contributed by atoms with Gasteiger partial charge < -0.3 is 5.32 Å². The van der Waals surface area contributed by atoms with E-state index in [1.165, 1.54) is 5.56 Å². The number of hydrogen-bond donors (Lipinski definition) is 1. The van der Waals surface area contributed by atoms with E-state index in [0.717, 1.165) is 22.1 Å². The lowest BCUT2D eigenvalue weighted by molar-refractivity contribution is 0.692. The Morgan fingerprint density at radius 1 is 1.00 bits per heavy atom. The zero-order valence-corrected chi connectivity index (χ0v) is 11.4. The highest BCUT2D eigenvalue weighted by molar-refractivity contribution is 9.10. The molecule has 1 N–H and O–H groups in total. The van der Waals surface area contributed by atoms with E-state index < -0.39 is 0 Å². The second-order valence-corrected chi connectivity index (χ2v) is 4.91. The fourth-order valence-corrected chi connectivity index (χ4v) is 1.99. The van der Waals surface area contributed by atoms with Crippen LogP contribution in [0.4, 0.5) is 0 Å². The Balaban J connectivity index is 1.93. The second kappa shape index (κ2) is 6.34. The number of nitrogens with zero attached hydrogens (tertiary/aromatic N) is 1. The van der Waals surface area contributed by atoms with Gasteiger partial charge in [0.1, 0.15) is 0 Å². The highest BCUT2D eigenvalue weighted by Crippen LogP contribution is 2.11. The van der Waals surface area contributed by atoms with Crippen LogP contribution in [-0.4, -0.2) is 0 Å². The number of nitriles is 1. The molecule has 0 aliphatic rings. The summed E-state index contributed by atoms with van der Waals surface area (Å²) >= 11 is 3.41. The summed E-state index contributed by atoms with van der Waals surface area (Å²) in [5.74, 6) is 0. The first-order chi connectivity index (χ1) is 8.79. The molecule has 0 unspecified atom stereocenters. The van der Waals surface area contributed by atoms with Gasteiger partial charge in [-0.2, -0.15) is 5.26 Å². The van der Waals surface area contributed by atoms with Gasteiger partial charge in [0.25, 0.3) is 0 Å². The Kier molecular flexibility index (Phi) is 4.52. The van der Waals surface area contributed by atoms with Crippen molar-refractivity contribution in [2.45, 2.75) is 13.1 Å². The topological polar surface area (TPSA) is 35.8 Å². The van der Waals surface area contributed by atoms with Crippen molar-refractivity contribution in [1.29, 1.82) is 5.26 Å². The molecule has 2 rings (SSSR count). The van der Waals surface area contributed by atoms with Crippen LogP contribution < -0.4 is 5.32 Å². The highest BCUT2D eigenvalue weighted by atomic mass is 79.9. The largest absolute Gasteiger partial charge is 0.309 e. The first kappa shape index (κ1) is 12.8. The minimum Gasteiger partial charge on any atom is -0.309 e. The summed E-state index contributed by atoms with van der Waals surface area (Å²) in [6.45, 7) is 1.51. The van der Waals surface area contributed by atoms with Crippen molar-refractivity contribution < 1.29 is 0 Å². The molecule has 18 heavy (non-hydrogen) atoms. The van der Waals surface area contributed by atoms with Gasteiger partial charge >= 0.3 is 0 Å². The molecule has 0 saturated carbocycles. The number of rotatable bonds is 4. The molecule has 3 heteroatoms. The molecule has 0 bridgehead atoms. The molecule has 0 saturated heterocycles. The molecule has 2 nitrogen and oxygen atoms in total. The number of hydrogen-bond acceptors (Lipinski definition) is 2. The third-order valence-corrected chi connectivity index (χ3v) is 3.22. The Morgan fingerprint density at radius 2 is 1.72 bits per heavy atom. The molecule has 90 valence electrons. The SMILES string of the molecule is N#Cc1ccccc1CNCc1ccc(Br)cc1. The summed E-state index contributed by atoms with van der Waals surface area (Å²) in [6.07, 6.45) is 0. The highest BCUT2D eigenvalue weighted by Gasteiger charge is 2.00. The summed E-state index contributed by atoms with van der Waals surface area (Å²) < 4.78 is 1.08. The molecular weight excluding hydrogens is 288 g/mol. The zero-order chi connectivity index (χ0) is 12.8. The van der Waals surface area contributed by atoms with Crippen molar-refractivity contribution in [3.05, 3.63) is 69.7 Å². The van der Waals surface area contributed by atoms with Gasteiger partial charge in [-0.1, -0.05) is 46.3 Å². The maximum Gasteiger partial charge on any atom is 0.0995 e. The summed E-state index contributed by atoms with van der Waals surface area (Å²) in [7, 11) is 0. The summed E-state index contributed by atoms with van der Waals surface area (Å²) in [5.41, 5.74) is 3.01. The van der Waals surface area contributed by atoms with Crippen LogP contribution >= 0.6 is 15.9 Å². The van der Waals surface area contributed by atoms with E-state index in [0.29, 0.717) is 6.54 Å². The average Bonchev–Trinajstić information content (AvgIpc) is 2.41. The van der Waals surface area contributed by atoms with E-state index >= 15 is 0 Å². The van der Waals surface area contributed by atoms with E-state index in [9.17, 15) is 0 Å². The van der Waals surface area contributed by atoms with Gasteiger partial charge in [0.2, 0.25) is 0 Å². The van der Waals surface area contributed by atoms with Crippen LogP contribution in [0.2, 0.25) is 0 Å². The van der Waals surface area contributed by atoms with Gasteiger partial charge in [-0.15, -0.1) is 0 Å².